The summed E-state index contributed by atoms with van der Waals surface area (Å²) in [6.45, 7) is 3.60. The standard InChI is InChI=1S/C16H20N4OS/c1-12(22-16-17-11-18-19-16)15(21)20-9-7-14(8-10-20)13-5-3-2-4-6-13/h2-6,11-12,14H,7-10H2,1H3,(H,17,18,19)/t12-/m0/s1. The summed E-state index contributed by atoms with van der Waals surface area (Å²) in [5.74, 6) is 0.760. The molecule has 1 atom stereocenters. The van der Waals surface area contributed by atoms with Crippen molar-refractivity contribution in [2.24, 2.45) is 0 Å². The fraction of sp³-hybridized carbons (Fsp3) is 0.438. The maximum atomic E-state index is 12.5. The number of likely N-dealkylation sites (tertiary alicyclic amines) is 1. The molecule has 1 aliphatic heterocycles. The van der Waals surface area contributed by atoms with Crippen molar-refractivity contribution in [3.8, 4) is 0 Å². The van der Waals surface area contributed by atoms with E-state index in [1.807, 2.05) is 17.9 Å². The highest BCUT2D eigenvalue weighted by molar-refractivity contribution is 8.00. The molecule has 0 radical (unpaired) electrons. The summed E-state index contributed by atoms with van der Waals surface area (Å²) in [4.78, 5) is 18.6. The van der Waals surface area contributed by atoms with E-state index in [1.165, 1.54) is 23.7 Å². The van der Waals surface area contributed by atoms with Crippen LogP contribution in [-0.4, -0.2) is 44.3 Å². The predicted molar refractivity (Wildman–Crippen MR) is 86.7 cm³/mol. The molecule has 1 N–H and O–H groups in total. The van der Waals surface area contributed by atoms with Gasteiger partial charge in [-0.25, -0.2) is 4.98 Å². The van der Waals surface area contributed by atoms with Gasteiger partial charge in [-0.2, -0.15) is 5.10 Å². The van der Waals surface area contributed by atoms with Crippen molar-refractivity contribution in [3.05, 3.63) is 42.2 Å². The van der Waals surface area contributed by atoms with Crippen LogP contribution in [0.1, 0.15) is 31.2 Å². The second kappa shape index (κ2) is 6.96. The van der Waals surface area contributed by atoms with Crippen LogP contribution in [0.15, 0.2) is 41.8 Å². The third kappa shape index (κ3) is 3.50. The zero-order valence-electron chi connectivity index (χ0n) is 12.6. The van der Waals surface area contributed by atoms with Crippen LogP contribution in [0.3, 0.4) is 0 Å². The molecule has 6 heteroatoms. The maximum Gasteiger partial charge on any atom is 0.235 e. The van der Waals surface area contributed by atoms with Gasteiger partial charge < -0.3 is 4.90 Å². The minimum absolute atomic E-state index is 0.138. The van der Waals surface area contributed by atoms with E-state index in [9.17, 15) is 4.79 Å². The van der Waals surface area contributed by atoms with Crippen LogP contribution in [0.25, 0.3) is 0 Å². The Morgan fingerprint density at radius 3 is 2.68 bits per heavy atom. The van der Waals surface area contributed by atoms with Crippen LogP contribution in [0, 0.1) is 0 Å². The number of H-pyrrole nitrogens is 1. The Kier molecular flexibility index (Phi) is 4.77. The van der Waals surface area contributed by atoms with E-state index < -0.39 is 0 Å². The number of piperidine rings is 1. The van der Waals surface area contributed by atoms with Crippen LogP contribution < -0.4 is 0 Å². The van der Waals surface area contributed by atoms with Crippen LogP contribution in [0.4, 0.5) is 0 Å². The third-order valence-electron chi connectivity index (χ3n) is 4.11. The molecule has 1 fully saturated rings. The summed E-state index contributed by atoms with van der Waals surface area (Å²) in [5.41, 5.74) is 1.39. The van der Waals surface area contributed by atoms with Gasteiger partial charge in [0.1, 0.15) is 6.33 Å². The van der Waals surface area contributed by atoms with Crippen molar-refractivity contribution in [1.82, 2.24) is 20.1 Å². The van der Waals surface area contributed by atoms with Gasteiger partial charge in [0.25, 0.3) is 0 Å². The molecular weight excluding hydrogens is 296 g/mol. The van der Waals surface area contributed by atoms with E-state index in [2.05, 4.69) is 39.4 Å². The zero-order chi connectivity index (χ0) is 15.4. The quantitative estimate of drug-likeness (QED) is 0.881. The summed E-state index contributed by atoms with van der Waals surface area (Å²) in [6, 6.07) is 10.6. The highest BCUT2D eigenvalue weighted by atomic mass is 32.2. The number of hydrogen-bond acceptors (Lipinski definition) is 4. The number of hydrogen-bond donors (Lipinski definition) is 1. The molecule has 0 unspecified atom stereocenters. The second-order valence-corrected chi connectivity index (χ2v) is 6.89. The van der Waals surface area contributed by atoms with Gasteiger partial charge in [0.15, 0.2) is 5.16 Å². The average molecular weight is 316 g/mol. The molecule has 0 aliphatic carbocycles. The van der Waals surface area contributed by atoms with Gasteiger partial charge in [-0.3, -0.25) is 9.89 Å². The van der Waals surface area contributed by atoms with Crippen molar-refractivity contribution in [1.29, 1.82) is 0 Å². The zero-order valence-corrected chi connectivity index (χ0v) is 13.4. The first kappa shape index (κ1) is 15.1. The number of nitrogens with zero attached hydrogens (tertiary/aromatic N) is 3. The molecule has 1 aromatic heterocycles. The largest absolute Gasteiger partial charge is 0.342 e. The number of aromatic nitrogens is 3. The van der Waals surface area contributed by atoms with Crippen molar-refractivity contribution < 1.29 is 4.79 Å². The molecule has 0 saturated carbocycles. The molecule has 0 bridgehead atoms. The van der Waals surface area contributed by atoms with E-state index >= 15 is 0 Å². The number of rotatable bonds is 4. The van der Waals surface area contributed by atoms with Gasteiger partial charge in [0, 0.05) is 13.1 Å². The van der Waals surface area contributed by atoms with Crippen molar-refractivity contribution in [2.75, 3.05) is 13.1 Å². The molecule has 3 rings (SSSR count). The minimum Gasteiger partial charge on any atom is -0.342 e. The summed E-state index contributed by atoms with van der Waals surface area (Å²) < 4.78 is 0. The van der Waals surface area contributed by atoms with Crippen molar-refractivity contribution >= 4 is 17.7 Å². The number of amides is 1. The van der Waals surface area contributed by atoms with Gasteiger partial charge in [-0.15, -0.1) is 0 Å². The lowest BCUT2D eigenvalue weighted by Gasteiger charge is -2.33. The fourth-order valence-corrected chi connectivity index (χ4v) is 3.68. The lowest BCUT2D eigenvalue weighted by atomic mass is 9.89. The molecule has 0 spiro atoms. The Morgan fingerprint density at radius 1 is 1.32 bits per heavy atom. The number of benzene rings is 1. The summed E-state index contributed by atoms with van der Waals surface area (Å²) >= 11 is 1.43. The maximum absolute atomic E-state index is 12.5. The first-order valence-electron chi connectivity index (χ1n) is 7.60. The molecule has 116 valence electrons. The third-order valence-corrected chi connectivity index (χ3v) is 5.08. The summed E-state index contributed by atoms with van der Waals surface area (Å²) in [5, 5.41) is 7.15. The first-order chi connectivity index (χ1) is 10.7. The molecule has 1 aliphatic rings. The van der Waals surface area contributed by atoms with Crippen LogP contribution in [0.5, 0.6) is 0 Å². The second-order valence-electron chi connectivity index (χ2n) is 5.56. The monoisotopic (exact) mass is 316 g/mol. The SMILES string of the molecule is C[C@H](Sc1ncn[nH]1)C(=O)N1CCC(c2ccccc2)CC1. The van der Waals surface area contributed by atoms with Crippen LogP contribution in [-0.2, 0) is 4.79 Å². The van der Waals surface area contributed by atoms with E-state index in [-0.39, 0.29) is 11.2 Å². The molecule has 1 aromatic carbocycles. The minimum atomic E-state index is -0.138. The topological polar surface area (TPSA) is 61.9 Å². The van der Waals surface area contributed by atoms with Gasteiger partial charge in [0.05, 0.1) is 5.25 Å². The van der Waals surface area contributed by atoms with Gasteiger partial charge in [0.2, 0.25) is 5.91 Å². The highest BCUT2D eigenvalue weighted by Crippen LogP contribution is 2.29. The van der Waals surface area contributed by atoms with E-state index in [0.717, 1.165) is 25.9 Å². The Bertz CT molecular complexity index is 594. The molecular formula is C16H20N4OS. The Hall–Kier alpha value is -1.82. The smallest absolute Gasteiger partial charge is 0.235 e. The Balaban J connectivity index is 1.53. The normalized spacial score (nSPS) is 17.4. The highest BCUT2D eigenvalue weighted by Gasteiger charge is 2.27. The lowest BCUT2D eigenvalue weighted by molar-refractivity contribution is -0.131. The van der Waals surface area contributed by atoms with E-state index in [0.29, 0.717) is 11.1 Å². The predicted octanol–water partition coefficient (Wildman–Crippen LogP) is 2.69. The number of thioether (sulfide) groups is 1. The van der Waals surface area contributed by atoms with Crippen molar-refractivity contribution in [2.45, 2.75) is 36.1 Å². The molecule has 5 nitrogen and oxygen atoms in total. The van der Waals surface area contributed by atoms with E-state index in [1.54, 1.807) is 0 Å². The summed E-state index contributed by atoms with van der Waals surface area (Å²) in [6.07, 6.45) is 3.54. The molecule has 2 heterocycles. The number of carbonyl (C=O) groups excluding carboxylic acids is 1. The molecule has 1 saturated heterocycles. The summed E-state index contributed by atoms with van der Waals surface area (Å²) in [7, 11) is 0. The molecule has 2 aromatic rings. The Morgan fingerprint density at radius 2 is 2.05 bits per heavy atom. The first-order valence-corrected chi connectivity index (χ1v) is 8.48. The van der Waals surface area contributed by atoms with E-state index in [4.69, 9.17) is 0 Å². The number of aromatic amines is 1. The van der Waals surface area contributed by atoms with Gasteiger partial charge in [-0.05, 0) is 31.2 Å². The fourth-order valence-electron chi connectivity index (χ4n) is 2.88. The van der Waals surface area contributed by atoms with Gasteiger partial charge >= 0.3 is 0 Å². The average Bonchev–Trinajstić information content (AvgIpc) is 3.08. The number of carbonyl (C=O) groups is 1. The van der Waals surface area contributed by atoms with Gasteiger partial charge in [-0.1, -0.05) is 42.1 Å². The number of nitrogens with one attached hydrogen (secondary N) is 1. The Labute approximate surface area is 134 Å². The molecule has 22 heavy (non-hydrogen) atoms. The lowest BCUT2D eigenvalue weighted by Crippen LogP contribution is -2.41. The molecule has 1 amide bonds. The van der Waals surface area contributed by atoms with Crippen LogP contribution in [0.2, 0.25) is 0 Å². The van der Waals surface area contributed by atoms with Crippen LogP contribution >= 0.6 is 11.8 Å². The van der Waals surface area contributed by atoms with Crippen molar-refractivity contribution in [3.63, 3.8) is 0 Å².